The van der Waals surface area contributed by atoms with Crippen LogP contribution in [0.15, 0.2) is 30.3 Å². The second-order valence-corrected chi connectivity index (χ2v) is 6.60. The molecule has 5 rings (SSSR count). The molecule has 5 atom stereocenters. The molecule has 7 nitrogen and oxygen atoms in total. The molecular weight excluding hydrogens is 284 g/mol. The van der Waals surface area contributed by atoms with Crippen molar-refractivity contribution in [2.75, 3.05) is 39.5 Å². The van der Waals surface area contributed by atoms with E-state index in [0.717, 1.165) is 0 Å². The second kappa shape index (κ2) is 4.84. The standard InChI is InChI=1S/C15H18N4O3/c20-14(12-4-2-1-3-5-12)13-6-16-7-15(19(21)22)8-17(10-16)11-18(13)9-15/h1-5,13H,6-11H2/t13-,15+/m0/s1. The minimum absolute atomic E-state index is 0.0634. The number of hydrogen-bond donors (Lipinski definition) is 0. The number of nitrogens with zero attached hydrogens (tertiary/aromatic N) is 4. The Balaban J connectivity index is 1.67. The van der Waals surface area contributed by atoms with Gasteiger partial charge in [0.15, 0.2) is 5.78 Å². The Morgan fingerprint density at radius 3 is 2.59 bits per heavy atom. The van der Waals surface area contributed by atoms with Crippen molar-refractivity contribution in [1.29, 1.82) is 0 Å². The molecule has 4 bridgehead atoms. The Morgan fingerprint density at radius 2 is 1.86 bits per heavy atom. The number of carbonyl (C=O) groups is 1. The van der Waals surface area contributed by atoms with Gasteiger partial charge in [-0.15, -0.1) is 0 Å². The summed E-state index contributed by atoms with van der Waals surface area (Å²) in [5.41, 5.74) is -0.276. The Kier molecular flexibility index (Phi) is 3.04. The first-order valence-electron chi connectivity index (χ1n) is 7.50. The number of rotatable bonds is 3. The van der Waals surface area contributed by atoms with Gasteiger partial charge < -0.3 is 0 Å². The Hall–Kier alpha value is -1.83. The number of hydrogen-bond acceptors (Lipinski definition) is 6. The van der Waals surface area contributed by atoms with Crippen molar-refractivity contribution in [3.63, 3.8) is 0 Å². The highest BCUT2D eigenvalue weighted by molar-refractivity contribution is 6.00. The molecule has 3 unspecified atom stereocenters. The van der Waals surface area contributed by atoms with Gasteiger partial charge in [0.2, 0.25) is 0 Å². The van der Waals surface area contributed by atoms with Gasteiger partial charge in [-0.05, 0) is 0 Å². The molecule has 4 heterocycles. The van der Waals surface area contributed by atoms with Crippen LogP contribution < -0.4 is 0 Å². The van der Waals surface area contributed by atoms with E-state index in [2.05, 4.69) is 9.80 Å². The van der Waals surface area contributed by atoms with E-state index in [0.29, 0.717) is 45.1 Å². The van der Waals surface area contributed by atoms with Crippen LogP contribution in [0.1, 0.15) is 10.4 Å². The third-order valence-corrected chi connectivity index (χ3v) is 4.94. The van der Waals surface area contributed by atoms with E-state index in [1.807, 2.05) is 35.2 Å². The average Bonchev–Trinajstić information content (AvgIpc) is 2.70. The molecule has 4 saturated heterocycles. The molecule has 22 heavy (non-hydrogen) atoms. The van der Waals surface area contributed by atoms with Crippen molar-refractivity contribution in [2.45, 2.75) is 11.6 Å². The summed E-state index contributed by atoms with van der Waals surface area (Å²) in [6.07, 6.45) is 0. The molecule has 0 aliphatic carbocycles. The molecule has 0 radical (unpaired) electrons. The number of carbonyl (C=O) groups excluding carboxylic acids is 1. The van der Waals surface area contributed by atoms with Crippen LogP contribution in [0.25, 0.3) is 0 Å². The van der Waals surface area contributed by atoms with Crippen LogP contribution in [-0.4, -0.2) is 76.5 Å². The molecule has 1 aromatic carbocycles. The van der Waals surface area contributed by atoms with Crippen molar-refractivity contribution in [3.05, 3.63) is 46.0 Å². The van der Waals surface area contributed by atoms with E-state index >= 15 is 0 Å². The van der Waals surface area contributed by atoms with Crippen molar-refractivity contribution >= 4 is 5.78 Å². The molecule has 7 heteroatoms. The van der Waals surface area contributed by atoms with E-state index in [1.54, 1.807) is 0 Å². The van der Waals surface area contributed by atoms with Gasteiger partial charge in [0.25, 0.3) is 5.54 Å². The lowest BCUT2D eigenvalue weighted by Gasteiger charge is -2.46. The van der Waals surface area contributed by atoms with E-state index in [4.69, 9.17) is 0 Å². The fourth-order valence-electron chi connectivity index (χ4n) is 4.05. The van der Waals surface area contributed by atoms with Crippen LogP contribution >= 0.6 is 0 Å². The van der Waals surface area contributed by atoms with E-state index < -0.39 is 5.54 Å². The van der Waals surface area contributed by atoms with Gasteiger partial charge in [-0.3, -0.25) is 29.6 Å². The predicted octanol–water partition coefficient (Wildman–Crippen LogP) is 0.115. The van der Waals surface area contributed by atoms with Gasteiger partial charge in [-0.25, -0.2) is 0 Å². The summed E-state index contributed by atoms with van der Waals surface area (Å²) in [7, 11) is 0. The highest BCUT2D eigenvalue weighted by Crippen LogP contribution is 2.32. The molecule has 0 amide bonds. The summed E-state index contributed by atoms with van der Waals surface area (Å²) < 4.78 is 0. The Bertz CT molecular complexity index is 622. The smallest absolute Gasteiger partial charge is 0.259 e. The van der Waals surface area contributed by atoms with Crippen molar-refractivity contribution in [3.8, 4) is 0 Å². The third-order valence-electron chi connectivity index (χ3n) is 4.94. The van der Waals surface area contributed by atoms with Crippen LogP contribution in [-0.2, 0) is 0 Å². The number of fused-ring (bicyclic) bond motifs is 1. The first kappa shape index (κ1) is 13.8. The zero-order chi connectivity index (χ0) is 15.3. The van der Waals surface area contributed by atoms with Gasteiger partial charge >= 0.3 is 0 Å². The molecule has 0 saturated carbocycles. The van der Waals surface area contributed by atoms with Crippen molar-refractivity contribution in [1.82, 2.24) is 14.7 Å². The topological polar surface area (TPSA) is 69.9 Å². The quantitative estimate of drug-likeness (QED) is 0.448. The largest absolute Gasteiger partial charge is 0.292 e. The first-order valence-corrected chi connectivity index (χ1v) is 7.50. The first-order chi connectivity index (χ1) is 10.6. The average molecular weight is 302 g/mol. The SMILES string of the molecule is O=C(c1ccccc1)[C@@H]1CN2CN3CN1C[C@@]([N+](=O)[O-])(C2)C3. The zero-order valence-electron chi connectivity index (χ0n) is 12.2. The van der Waals surface area contributed by atoms with Crippen LogP contribution in [0.2, 0.25) is 0 Å². The van der Waals surface area contributed by atoms with Gasteiger partial charge in [0.1, 0.15) is 0 Å². The van der Waals surface area contributed by atoms with Gasteiger partial charge in [-0.2, -0.15) is 0 Å². The zero-order valence-corrected chi connectivity index (χ0v) is 12.2. The van der Waals surface area contributed by atoms with E-state index in [-0.39, 0.29) is 16.7 Å². The molecule has 4 aliphatic rings. The van der Waals surface area contributed by atoms with Crippen molar-refractivity contribution < 1.29 is 9.72 Å². The van der Waals surface area contributed by atoms with Gasteiger partial charge in [-0.1, -0.05) is 30.3 Å². The summed E-state index contributed by atoms with van der Waals surface area (Å²) in [5, 5.41) is 11.6. The minimum Gasteiger partial charge on any atom is -0.292 e. The third kappa shape index (κ3) is 2.05. The summed E-state index contributed by atoms with van der Waals surface area (Å²) in [6.45, 7) is 3.20. The van der Waals surface area contributed by atoms with Crippen LogP contribution in [0.5, 0.6) is 0 Å². The monoisotopic (exact) mass is 302 g/mol. The van der Waals surface area contributed by atoms with Crippen LogP contribution in [0.3, 0.4) is 0 Å². The minimum atomic E-state index is -0.956. The molecule has 0 aromatic heterocycles. The fraction of sp³-hybridized carbons (Fsp3) is 0.533. The maximum atomic E-state index is 12.8. The lowest BCUT2D eigenvalue weighted by atomic mass is 9.94. The van der Waals surface area contributed by atoms with Crippen molar-refractivity contribution in [2.24, 2.45) is 0 Å². The summed E-state index contributed by atoms with van der Waals surface area (Å²) >= 11 is 0. The van der Waals surface area contributed by atoms with Gasteiger partial charge in [0, 0.05) is 17.0 Å². The number of benzene rings is 1. The van der Waals surface area contributed by atoms with Crippen LogP contribution in [0, 0.1) is 10.1 Å². The molecule has 0 N–H and O–H groups in total. The van der Waals surface area contributed by atoms with E-state index in [9.17, 15) is 14.9 Å². The normalized spacial score (nSPS) is 39.5. The summed E-state index contributed by atoms with van der Waals surface area (Å²) in [6, 6.07) is 8.93. The lowest BCUT2D eigenvalue weighted by Crippen LogP contribution is -2.69. The number of ketones is 1. The molecular formula is C15H18N4O3. The van der Waals surface area contributed by atoms with Crippen LogP contribution in [0.4, 0.5) is 0 Å². The predicted molar refractivity (Wildman–Crippen MR) is 79.0 cm³/mol. The highest BCUT2D eigenvalue weighted by atomic mass is 16.6. The molecule has 0 spiro atoms. The maximum Gasteiger partial charge on any atom is 0.259 e. The Morgan fingerprint density at radius 1 is 1.14 bits per heavy atom. The Labute approximate surface area is 128 Å². The molecule has 116 valence electrons. The maximum absolute atomic E-state index is 12.8. The highest BCUT2D eigenvalue weighted by Gasteiger charge is 2.57. The second-order valence-electron chi connectivity index (χ2n) is 6.60. The number of nitro groups is 1. The summed E-state index contributed by atoms with van der Waals surface area (Å²) in [4.78, 5) is 30.4. The number of Topliss-reactive ketones (excluding diaryl/α,β-unsaturated/α-hetero) is 1. The fourth-order valence-corrected chi connectivity index (χ4v) is 4.05. The molecule has 4 fully saturated rings. The van der Waals surface area contributed by atoms with E-state index in [1.165, 1.54) is 0 Å². The molecule has 1 aromatic rings. The lowest BCUT2D eigenvalue weighted by molar-refractivity contribution is -0.579. The molecule has 4 aliphatic heterocycles. The summed E-state index contributed by atoms with van der Waals surface area (Å²) in [5.74, 6) is 0.0634. The van der Waals surface area contributed by atoms with Gasteiger partial charge in [0.05, 0.1) is 39.0 Å².